The molecule has 24 heavy (non-hydrogen) atoms. The van der Waals surface area contributed by atoms with Crippen molar-refractivity contribution in [3.8, 4) is 0 Å². The van der Waals surface area contributed by atoms with Crippen molar-refractivity contribution >= 4 is 17.2 Å². The van der Waals surface area contributed by atoms with Crippen molar-refractivity contribution in [3.63, 3.8) is 0 Å². The number of carbonyl (C=O) groups excluding carboxylic acids is 1. The fourth-order valence-corrected chi connectivity index (χ4v) is 4.84. The van der Waals surface area contributed by atoms with Gasteiger partial charge in [-0.3, -0.25) is 4.79 Å². The molecular formula is C17H21N3O3S. The summed E-state index contributed by atoms with van der Waals surface area (Å²) in [6.07, 6.45) is 3.18. The van der Waals surface area contributed by atoms with Crippen LogP contribution in [0.4, 0.5) is 0 Å². The molecule has 2 aromatic rings. The van der Waals surface area contributed by atoms with Gasteiger partial charge >= 0.3 is 0 Å². The molecule has 0 radical (unpaired) electrons. The highest BCUT2D eigenvalue weighted by molar-refractivity contribution is 7.14. The van der Waals surface area contributed by atoms with Crippen LogP contribution in [0.5, 0.6) is 0 Å². The number of nitrogens with zero attached hydrogens (tertiary/aromatic N) is 3. The van der Waals surface area contributed by atoms with Crippen molar-refractivity contribution in [1.29, 1.82) is 0 Å². The molecule has 1 aliphatic carbocycles. The Hall–Kier alpha value is -1.73. The number of carbonyl (C=O) groups is 1. The summed E-state index contributed by atoms with van der Waals surface area (Å²) >= 11 is 1.60. The molecule has 1 amide bonds. The third-order valence-electron chi connectivity index (χ3n) is 4.91. The summed E-state index contributed by atoms with van der Waals surface area (Å²) in [4.78, 5) is 21.0. The summed E-state index contributed by atoms with van der Waals surface area (Å²) in [5, 5.41) is 13.9. The second-order valence-corrected chi connectivity index (χ2v) is 8.09. The van der Waals surface area contributed by atoms with E-state index in [0.717, 1.165) is 17.7 Å². The molecule has 3 atom stereocenters. The summed E-state index contributed by atoms with van der Waals surface area (Å²) in [6.45, 7) is 4.32. The number of likely N-dealkylation sites (tertiary alicyclic amines) is 1. The molecule has 2 aromatic heterocycles. The molecule has 128 valence electrons. The van der Waals surface area contributed by atoms with E-state index in [-0.39, 0.29) is 11.9 Å². The van der Waals surface area contributed by atoms with E-state index in [1.54, 1.807) is 23.2 Å². The molecule has 0 spiro atoms. The minimum atomic E-state index is -0.555. The van der Waals surface area contributed by atoms with Crippen LogP contribution in [0, 0.1) is 12.8 Å². The van der Waals surface area contributed by atoms with Gasteiger partial charge in [0.2, 0.25) is 5.89 Å². The Kier molecular flexibility index (Phi) is 3.92. The lowest BCUT2D eigenvalue weighted by molar-refractivity contribution is 0.0698. The Morgan fingerprint density at radius 2 is 2.33 bits per heavy atom. The quantitative estimate of drug-likeness (QED) is 0.903. The zero-order valence-electron chi connectivity index (χ0n) is 13.9. The molecule has 0 saturated carbocycles. The maximum Gasteiger partial charge on any atom is 0.264 e. The first-order valence-corrected chi connectivity index (χ1v) is 9.23. The monoisotopic (exact) mass is 347 g/mol. The van der Waals surface area contributed by atoms with Crippen molar-refractivity contribution in [2.24, 2.45) is 5.92 Å². The Morgan fingerprint density at radius 1 is 1.50 bits per heavy atom. The van der Waals surface area contributed by atoms with Gasteiger partial charge in [-0.25, -0.2) is 0 Å². The number of thiophene rings is 1. The van der Waals surface area contributed by atoms with Crippen molar-refractivity contribution in [1.82, 2.24) is 15.0 Å². The number of rotatable bonds is 2. The number of fused-ring (bicyclic) bond motifs is 1. The number of amides is 1. The number of aliphatic hydroxyl groups is 1. The van der Waals surface area contributed by atoms with E-state index >= 15 is 0 Å². The highest BCUT2D eigenvalue weighted by atomic mass is 32.1. The molecule has 6 nitrogen and oxygen atoms in total. The van der Waals surface area contributed by atoms with Crippen LogP contribution in [-0.4, -0.2) is 38.7 Å². The Morgan fingerprint density at radius 3 is 3.08 bits per heavy atom. The number of hydrogen-bond donors (Lipinski definition) is 1. The van der Waals surface area contributed by atoms with Gasteiger partial charge in [0.25, 0.3) is 5.91 Å². The number of aliphatic hydroxyl groups excluding tert-OH is 1. The summed E-state index contributed by atoms with van der Waals surface area (Å²) in [6, 6.07) is 1.70. The molecule has 3 heterocycles. The normalized spacial score (nSPS) is 26.6. The van der Waals surface area contributed by atoms with Crippen LogP contribution < -0.4 is 0 Å². The first-order valence-electron chi connectivity index (χ1n) is 8.42. The smallest absolute Gasteiger partial charge is 0.264 e. The highest BCUT2D eigenvalue weighted by Crippen LogP contribution is 2.36. The molecule has 1 aliphatic heterocycles. The minimum absolute atomic E-state index is 0.0422. The first-order chi connectivity index (χ1) is 11.5. The minimum Gasteiger partial charge on any atom is -0.391 e. The van der Waals surface area contributed by atoms with Gasteiger partial charge < -0.3 is 14.5 Å². The molecular weight excluding hydrogens is 326 g/mol. The van der Waals surface area contributed by atoms with Gasteiger partial charge in [-0.1, -0.05) is 12.1 Å². The Balaban J connectivity index is 1.61. The zero-order valence-corrected chi connectivity index (χ0v) is 14.7. The van der Waals surface area contributed by atoms with E-state index in [0.29, 0.717) is 30.6 Å². The van der Waals surface area contributed by atoms with Gasteiger partial charge in [-0.2, -0.15) is 4.98 Å². The predicted octanol–water partition coefficient (Wildman–Crippen LogP) is 2.51. The molecule has 1 fully saturated rings. The van der Waals surface area contributed by atoms with E-state index in [9.17, 15) is 9.90 Å². The second-order valence-electron chi connectivity index (χ2n) is 6.95. The third-order valence-corrected chi connectivity index (χ3v) is 6.13. The topological polar surface area (TPSA) is 79.5 Å². The SMILES string of the molecule is Cc1noc([C@H]2C[C@@H](O)CN2C(=O)c2cc3c(s2)CCC(C)C3)n1. The van der Waals surface area contributed by atoms with Crippen LogP contribution in [-0.2, 0) is 12.8 Å². The number of aromatic nitrogens is 2. The molecule has 1 N–H and O–H groups in total. The number of β-amino-alcohol motifs (C(OH)–C–C–N with tert-alkyl or cyclic N) is 1. The van der Waals surface area contributed by atoms with Crippen LogP contribution in [0.1, 0.15) is 57.6 Å². The van der Waals surface area contributed by atoms with Crippen molar-refractivity contribution in [2.75, 3.05) is 6.54 Å². The van der Waals surface area contributed by atoms with E-state index in [1.165, 1.54) is 16.9 Å². The Bertz CT molecular complexity index is 769. The van der Waals surface area contributed by atoms with E-state index in [2.05, 4.69) is 17.1 Å². The fraction of sp³-hybridized carbons (Fsp3) is 0.588. The summed E-state index contributed by atoms with van der Waals surface area (Å²) in [7, 11) is 0. The summed E-state index contributed by atoms with van der Waals surface area (Å²) in [5.41, 5.74) is 1.31. The molecule has 1 saturated heterocycles. The van der Waals surface area contributed by atoms with Crippen LogP contribution >= 0.6 is 11.3 Å². The Labute approximate surface area is 144 Å². The highest BCUT2D eigenvalue weighted by Gasteiger charge is 2.39. The van der Waals surface area contributed by atoms with Crippen molar-refractivity contribution in [3.05, 3.63) is 33.1 Å². The van der Waals surface area contributed by atoms with E-state index in [1.807, 2.05) is 6.07 Å². The molecule has 1 unspecified atom stereocenters. The van der Waals surface area contributed by atoms with Gasteiger partial charge in [-0.15, -0.1) is 11.3 Å². The van der Waals surface area contributed by atoms with Gasteiger partial charge in [0.1, 0.15) is 6.04 Å². The lowest BCUT2D eigenvalue weighted by Gasteiger charge is -2.20. The summed E-state index contributed by atoms with van der Waals surface area (Å²) < 4.78 is 5.25. The van der Waals surface area contributed by atoms with Crippen LogP contribution in [0.25, 0.3) is 0 Å². The first kappa shape index (κ1) is 15.8. The van der Waals surface area contributed by atoms with Crippen molar-refractivity contribution in [2.45, 2.75) is 51.7 Å². The summed E-state index contributed by atoms with van der Waals surface area (Å²) in [5.74, 6) is 1.59. The third kappa shape index (κ3) is 2.75. The molecule has 4 rings (SSSR count). The number of hydrogen-bond acceptors (Lipinski definition) is 6. The lowest BCUT2D eigenvalue weighted by atomic mass is 9.90. The van der Waals surface area contributed by atoms with Gasteiger partial charge in [0.05, 0.1) is 11.0 Å². The van der Waals surface area contributed by atoms with Crippen molar-refractivity contribution < 1.29 is 14.4 Å². The zero-order chi connectivity index (χ0) is 16.8. The van der Waals surface area contributed by atoms with Crippen LogP contribution in [0.2, 0.25) is 0 Å². The fourth-order valence-electron chi connectivity index (χ4n) is 3.67. The average molecular weight is 347 g/mol. The largest absolute Gasteiger partial charge is 0.391 e. The van der Waals surface area contributed by atoms with Gasteiger partial charge in [0, 0.05) is 17.8 Å². The lowest BCUT2D eigenvalue weighted by Crippen LogP contribution is -2.31. The average Bonchev–Trinajstić information content (AvgIpc) is 3.23. The van der Waals surface area contributed by atoms with E-state index in [4.69, 9.17) is 4.52 Å². The maximum absolute atomic E-state index is 13.0. The second kappa shape index (κ2) is 5.97. The molecule has 2 aliphatic rings. The van der Waals surface area contributed by atoms with Crippen LogP contribution in [0.3, 0.4) is 0 Å². The molecule has 0 bridgehead atoms. The maximum atomic E-state index is 13.0. The molecule has 7 heteroatoms. The van der Waals surface area contributed by atoms with Gasteiger partial charge in [-0.05, 0) is 43.7 Å². The standard InChI is InChI=1S/C17H21N3O3S/c1-9-3-4-14-11(5-9)6-15(24-14)17(22)20-8-12(21)7-13(20)16-18-10(2)19-23-16/h6,9,12-13,21H,3-5,7-8H2,1-2H3/t9?,12-,13-/m1/s1. The van der Waals surface area contributed by atoms with Crippen LogP contribution in [0.15, 0.2) is 10.6 Å². The van der Waals surface area contributed by atoms with Gasteiger partial charge in [0.15, 0.2) is 5.82 Å². The predicted molar refractivity (Wildman–Crippen MR) is 88.9 cm³/mol. The van der Waals surface area contributed by atoms with E-state index < -0.39 is 6.10 Å². The molecule has 0 aromatic carbocycles. The number of aryl methyl sites for hydroxylation is 2.